The molecule has 1 amide bonds. The predicted molar refractivity (Wildman–Crippen MR) is 135 cm³/mol. The van der Waals surface area contributed by atoms with Gasteiger partial charge in [-0.25, -0.2) is 4.98 Å². The number of benzene rings is 1. The second-order valence-electron chi connectivity index (χ2n) is 8.73. The molecule has 1 fully saturated rings. The average Bonchev–Trinajstić information content (AvgIpc) is 3.57. The van der Waals surface area contributed by atoms with Gasteiger partial charge in [0, 0.05) is 37.8 Å². The van der Waals surface area contributed by atoms with Crippen LogP contribution in [0.15, 0.2) is 59.2 Å². The van der Waals surface area contributed by atoms with Crippen LogP contribution in [0, 0.1) is 0 Å². The van der Waals surface area contributed by atoms with Crippen LogP contribution in [0.1, 0.15) is 26.7 Å². The van der Waals surface area contributed by atoms with Gasteiger partial charge in [-0.05, 0) is 62.3 Å². The molecule has 7 nitrogen and oxygen atoms in total. The van der Waals surface area contributed by atoms with Gasteiger partial charge in [0.15, 0.2) is 0 Å². The molecule has 3 aromatic rings. The summed E-state index contributed by atoms with van der Waals surface area (Å²) in [5.41, 5.74) is 2.16. The highest BCUT2D eigenvalue weighted by atomic mass is 16.3. The highest BCUT2D eigenvalue weighted by molar-refractivity contribution is 5.86. The van der Waals surface area contributed by atoms with Crippen molar-refractivity contribution >= 4 is 11.7 Å². The maximum atomic E-state index is 13.4. The lowest BCUT2D eigenvalue weighted by Gasteiger charge is -2.30. The Morgan fingerprint density at radius 2 is 1.94 bits per heavy atom. The first-order valence-electron chi connectivity index (χ1n) is 12.1. The highest BCUT2D eigenvalue weighted by Crippen LogP contribution is 2.35. The number of carbonyl (C=O) groups is 1. The van der Waals surface area contributed by atoms with Gasteiger partial charge in [-0.15, -0.1) is 0 Å². The molecule has 7 heteroatoms. The Labute approximate surface area is 201 Å². The molecule has 34 heavy (non-hydrogen) atoms. The number of pyridine rings is 1. The van der Waals surface area contributed by atoms with Gasteiger partial charge in [0.2, 0.25) is 5.91 Å². The van der Waals surface area contributed by atoms with Gasteiger partial charge in [0.1, 0.15) is 23.4 Å². The number of amides is 1. The summed E-state index contributed by atoms with van der Waals surface area (Å²) in [7, 11) is 1.89. The van der Waals surface area contributed by atoms with Gasteiger partial charge in [0.25, 0.3) is 0 Å². The zero-order valence-corrected chi connectivity index (χ0v) is 20.3. The van der Waals surface area contributed by atoms with Crippen molar-refractivity contribution in [2.75, 3.05) is 44.7 Å². The fourth-order valence-corrected chi connectivity index (χ4v) is 4.57. The molecule has 1 aromatic carbocycles. The number of anilines is 1. The number of likely N-dealkylation sites (N-methyl/N-ethyl adjacent to an activating group) is 2. The number of hydrogen-bond donors (Lipinski definition) is 1. The van der Waals surface area contributed by atoms with Crippen LogP contribution in [0.4, 0.5) is 5.82 Å². The number of para-hydroxylation sites is 1. The van der Waals surface area contributed by atoms with Crippen LogP contribution in [0.5, 0.6) is 5.75 Å². The molecule has 3 heterocycles. The Morgan fingerprint density at radius 3 is 2.65 bits per heavy atom. The summed E-state index contributed by atoms with van der Waals surface area (Å²) in [5, 5.41) is 10.5. The van der Waals surface area contributed by atoms with Crippen molar-refractivity contribution in [2.24, 2.45) is 0 Å². The van der Waals surface area contributed by atoms with E-state index in [-0.39, 0.29) is 17.7 Å². The largest absolute Gasteiger partial charge is 0.507 e. The van der Waals surface area contributed by atoms with Crippen molar-refractivity contribution < 1.29 is 14.3 Å². The van der Waals surface area contributed by atoms with E-state index in [9.17, 15) is 9.90 Å². The molecule has 0 radical (unpaired) electrons. The van der Waals surface area contributed by atoms with Gasteiger partial charge >= 0.3 is 0 Å². The normalized spacial score (nSPS) is 15.8. The lowest BCUT2D eigenvalue weighted by Crippen LogP contribution is -2.46. The van der Waals surface area contributed by atoms with E-state index in [1.807, 2.05) is 48.3 Å². The van der Waals surface area contributed by atoms with E-state index >= 15 is 0 Å². The first-order chi connectivity index (χ1) is 16.5. The number of nitrogens with zero attached hydrogens (tertiary/aromatic N) is 4. The van der Waals surface area contributed by atoms with Crippen molar-refractivity contribution in [3.8, 4) is 28.3 Å². The summed E-state index contributed by atoms with van der Waals surface area (Å²) >= 11 is 0. The van der Waals surface area contributed by atoms with Crippen LogP contribution >= 0.6 is 0 Å². The van der Waals surface area contributed by atoms with Gasteiger partial charge in [-0.3, -0.25) is 4.79 Å². The Kier molecular flexibility index (Phi) is 7.53. The molecule has 0 unspecified atom stereocenters. The molecular formula is C27H34N4O3. The molecule has 1 atom stereocenters. The molecule has 0 bridgehead atoms. The molecule has 180 valence electrons. The number of carbonyl (C=O) groups excluding carboxylic acids is 1. The molecule has 4 rings (SSSR count). The van der Waals surface area contributed by atoms with Crippen molar-refractivity contribution in [3.05, 3.63) is 54.8 Å². The topological polar surface area (TPSA) is 73.0 Å². The summed E-state index contributed by atoms with van der Waals surface area (Å²) < 4.78 is 5.66. The number of phenolic OH excluding ortho intramolecular Hbond substituents is 1. The molecule has 1 aliphatic rings. The highest BCUT2D eigenvalue weighted by Gasteiger charge is 2.34. The third-order valence-corrected chi connectivity index (χ3v) is 6.65. The zero-order valence-electron chi connectivity index (χ0n) is 20.3. The number of aromatic hydroxyl groups is 1. The van der Waals surface area contributed by atoms with Crippen molar-refractivity contribution in [2.45, 2.75) is 32.7 Å². The standard InChI is InChI=1S/C27H34N4O3/c1-4-30(5-2)16-15-29(3)27(33)23-11-8-14-31(23)26-19-20(25-13-9-17-34-25)18-22(28-26)21-10-6-7-12-24(21)32/h6-7,9-10,12-13,17-19,23,32H,4-5,8,11,14-16H2,1-3H3/t23-/m0/s1. The predicted octanol–water partition coefficient (Wildman–Crippen LogP) is 4.48. The Bertz CT molecular complexity index is 1100. The van der Waals surface area contributed by atoms with E-state index in [0.29, 0.717) is 17.8 Å². The second-order valence-corrected chi connectivity index (χ2v) is 8.73. The van der Waals surface area contributed by atoms with Crippen LogP contribution < -0.4 is 4.90 Å². The molecule has 0 saturated carbocycles. The van der Waals surface area contributed by atoms with Gasteiger partial charge < -0.3 is 24.2 Å². The van der Waals surface area contributed by atoms with E-state index in [1.54, 1.807) is 18.4 Å². The van der Waals surface area contributed by atoms with Crippen LogP contribution in [0.3, 0.4) is 0 Å². The maximum Gasteiger partial charge on any atom is 0.245 e. The first kappa shape index (κ1) is 23.8. The maximum absolute atomic E-state index is 13.4. The Morgan fingerprint density at radius 1 is 1.15 bits per heavy atom. The molecule has 1 saturated heterocycles. The minimum atomic E-state index is -0.252. The molecule has 0 aliphatic carbocycles. The van der Waals surface area contributed by atoms with Crippen molar-refractivity contribution in [1.82, 2.24) is 14.8 Å². The van der Waals surface area contributed by atoms with Crippen LogP contribution in [0.25, 0.3) is 22.6 Å². The second kappa shape index (κ2) is 10.7. The minimum Gasteiger partial charge on any atom is -0.507 e. The number of hydrogen-bond acceptors (Lipinski definition) is 6. The summed E-state index contributed by atoms with van der Waals surface area (Å²) in [5.74, 6) is 1.74. The molecule has 2 aromatic heterocycles. The van der Waals surface area contributed by atoms with E-state index in [2.05, 4.69) is 23.6 Å². The fraction of sp³-hybridized carbons (Fsp3) is 0.407. The lowest BCUT2D eigenvalue weighted by molar-refractivity contribution is -0.131. The van der Waals surface area contributed by atoms with E-state index in [0.717, 1.165) is 56.2 Å². The zero-order chi connectivity index (χ0) is 24.1. The number of phenols is 1. The SMILES string of the molecule is CCN(CC)CCN(C)C(=O)[C@@H]1CCCN1c1cc(-c2ccco2)cc(-c2ccccc2O)n1. The monoisotopic (exact) mass is 462 g/mol. The van der Waals surface area contributed by atoms with Crippen LogP contribution in [-0.2, 0) is 4.79 Å². The average molecular weight is 463 g/mol. The van der Waals surface area contributed by atoms with Crippen molar-refractivity contribution in [1.29, 1.82) is 0 Å². The number of aromatic nitrogens is 1. The summed E-state index contributed by atoms with van der Waals surface area (Å²) in [6.07, 6.45) is 3.37. The quantitative estimate of drug-likeness (QED) is 0.505. The number of rotatable bonds is 9. The number of furan rings is 1. The van der Waals surface area contributed by atoms with Gasteiger partial charge in [-0.2, -0.15) is 0 Å². The van der Waals surface area contributed by atoms with E-state index in [1.165, 1.54) is 0 Å². The molecule has 0 spiro atoms. The third kappa shape index (κ3) is 5.09. The third-order valence-electron chi connectivity index (χ3n) is 6.65. The fourth-order valence-electron chi connectivity index (χ4n) is 4.57. The molecular weight excluding hydrogens is 428 g/mol. The van der Waals surface area contributed by atoms with Crippen LogP contribution in [-0.4, -0.2) is 71.6 Å². The van der Waals surface area contributed by atoms with Gasteiger partial charge in [-0.1, -0.05) is 26.0 Å². The molecule has 1 aliphatic heterocycles. The van der Waals surface area contributed by atoms with Crippen LogP contribution in [0.2, 0.25) is 0 Å². The molecule has 1 N–H and O–H groups in total. The smallest absolute Gasteiger partial charge is 0.245 e. The van der Waals surface area contributed by atoms with Gasteiger partial charge in [0.05, 0.1) is 12.0 Å². The first-order valence-corrected chi connectivity index (χ1v) is 12.1. The summed E-state index contributed by atoms with van der Waals surface area (Å²) in [4.78, 5) is 24.6. The summed E-state index contributed by atoms with van der Waals surface area (Å²) in [6, 6.07) is 14.6. The Hall–Kier alpha value is -3.32. The van der Waals surface area contributed by atoms with Crippen molar-refractivity contribution in [3.63, 3.8) is 0 Å². The lowest BCUT2D eigenvalue weighted by atomic mass is 10.1. The van der Waals surface area contributed by atoms with E-state index < -0.39 is 0 Å². The minimum absolute atomic E-state index is 0.124. The Balaban J connectivity index is 1.64. The summed E-state index contributed by atoms with van der Waals surface area (Å²) in [6.45, 7) is 8.57. The van der Waals surface area contributed by atoms with E-state index in [4.69, 9.17) is 9.40 Å².